The number of ether oxygens (including phenoxy) is 1. The molecule has 0 spiro atoms. The number of hydrogen-bond acceptors (Lipinski definition) is 6. The highest BCUT2D eigenvalue weighted by Gasteiger charge is 2.28. The predicted octanol–water partition coefficient (Wildman–Crippen LogP) is 9.43. The average Bonchev–Trinajstić information content (AvgIpc) is 3.61. The van der Waals surface area contributed by atoms with Crippen molar-refractivity contribution in [2.45, 2.75) is 58.8 Å². The summed E-state index contributed by atoms with van der Waals surface area (Å²) in [6.07, 6.45) is 6.33. The Morgan fingerprint density at radius 3 is 2.15 bits per heavy atom. The topological polar surface area (TPSA) is 73.5 Å². The van der Waals surface area contributed by atoms with Crippen molar-refractivity contribution in [1.29, 1.82) is 0 Å². The number of thiazole rings is 1. The number of hydrogen-bond donors (Lipinski definition) is 0. The van der Waals surface area contributed by atoms with Gasteiger partial charge in [0.1, 0.15) is 4.70 Å². The molecule has 5 aromatic rings. The molecule has 0 amide bonds. The molecule has 1 unspecified atom stereocenters. The molecule has 0 saturated heterocycles. The van der Waals surface area contributed by atoms with Crippen molar-refractivity contribution >= 4 is 43.4 Å². The van der Waals surface area contributed by atoms with E-state index in [1.165, 1.54) is 12.5 Å². The summed E-state index contributed by atoms with van der Waals surface area (Å²) in [6, 6.07) is 33.4. The molecule has 0 aliphatic carbocycles. The number of aryl methyl sites for hydroxylation is 1. The number of nitrogens with zero attached hydrogens (tertiary/aromatic N) is 2. The standard InChI is InChI=1S/C40H42N2O4S2/c1-5-30(24-39-41(22-20-28(2)3)35-26-33(16-18-37(35)46-39)31-12-8-6-9-13-31)25-40-42(23-21-29(4)48(43,44)45)36-27-34(17-19-38(36)47-40)32-14-10-7-11-15-32/h6-19,24-29H,5,20-23H2,1-4H3. The lowest BCUT2D eigenvalue weighted by Gasteiger charge is -2.20. The van der Waals surface area contributed by atoms with Crippen LogP contribution in [0, 0.1) is 5.92 Å². The summed E-state index contributed by atoms with van der Waals surface area (Å²) in [4.78, 5) is 2.29. The van der Waals surface area contributed by atoms with E-state index in [1.54, 1.807) is 11.3 Å². The largest absolute Gasteiger partial charge is 0.748 e. The van der Waals surface area contributed by atoms with Crippen LogP contribution in [0.4, 0.5) is 5.69 Å². The molecule has 6 nitrogen and oxygen atoms in total. The molecule has 1 atom stereocenters. The number of aromatic nitrogens is 1. The predicted molar refractivity (Wildman–Crippen MR) is 197 cm³/mol. The smallest absolute Gasteiger partial charge is 0.263 e. The van der Waals surface area contributed by atoms with Gasteiger partial charge in [-0.2, -0.15) is 4.57 Å². The van der Waals surface area contributed by atoms with Gasteiger partial charge in [-0.3, -0.25) is 0 Å². The first-order valence-electron chi connectivity index (χ1n) is 16.6. The summed E-state index contributed by atoms with van der Waals surface area (Å²) in [5.41, 5.74) is 7.68. The van der Waals surface area contributed by atoms with Crippen LogP contribution in [0.25, 0.3) is 38.5 Å². The molecule has 0 radical (unpaired) electrons. The fourth-order valence-electron chi connectivity index (χ4n) is 5.90. The Kier molecular flexibility index (Phi) is 10.2. The van der Waals surface area contributed by atoms with E-state index in [4.69, 9.17) is 4.74 Å². The molecule has 0 saturated carbocycles. The van der Waals surface area contributed by atoms with Gasteiger partial charge in [0, 0.05) is 31.2 Å². The van der Waals surface area contributed by atoms with E-state index in [2.05, 4.69) is 115 Å². The van der Waals surface area contributed by atoms with E-state index >= 15 is 0 Å². The van der Waals surface area contributed by atoms with Crippen molar-refractivity contribution < 1.29 is 22.3 Å². The Morgan fingerprint density at radius 2 is 1.52 bits per heavy atom. The summed E-state index contributed by atoms with van der Waals surface area (Å²) in [6.45, 7) is 9.34. The lowest BCUT2D eigenvalue weighted by molar-refractivity contribution is -0.669. The fraction of sp³-hybridized carbons (Fsp3) is 0.275. The first-order chi connectivity index (χ1) is 23.1. The zero-order valence-electron chi connectivity index (χ0n) is 27.9. The average molecular weight is 679 g/mol. The molecule has 0 bridgehead atoms. The summed E-state index contributed by atoms with van der Waals surface area (Å²) >= 11 is 1.67. The zero-order chi connectivity index (χ0) is 33.8. The molecule has 6 rings (SSSR count). The summed E-state index contributed by atoms with van der Waals surface area (Å²) in [5, 5.41) is 0.0116. The molecule has 8 heteroatoms. The van der Waals surface area contributed by atoms with Gasteiger partial charge in [0.2, 0.25) is 11.4 Å². The van der Waals surface area contributed by atoms with Crippen LogP contribution in [0.5, 0.6) is 5.75 Å². The van der Waals surface area contributed by atoms with Crippen LogP contribution in [0.3, 0.4) is 0 Å². The molecule has 2 heterocycles. The first kappa shape index (κ1) is 33.7. The third-order valence-corrected chi connectivity index (χ3v) is 11.2. The van der Waals surface area contributed by atoms with Crippen molar-refractivity contribution in [2.24, 2.45) is 5.92 Å². The number of fused-ring (bicyclic) bond motifs is 2. The second-order valence-corrected chi connectivity index (χ2v) is 15.6. The van der Waals surface area contributed by atoms with Crippen LogP contribution in [0.15, 0.2) is 115 Å². The van der Waals surface area contributed by atoms with Crippen molar-refractivity contribution in [2.75, 3.05) is 11.4 Å². The maximum absolute atomic E-state index is 11.8. The minimum Gasteiger partial charge on any atom is -0.748 e. The van der Waals surface area contributed by atoms with Crippen LogP contribution in [0.2, 0.25) is 0 Å². The molecule has 48 heavy (non-hydrogen) atoms. The second-order valence-electron chi connectivity index (χ2n) is 12.8. The van der Waals surface area contributed by atoms with E-state index < -0.39 is 15.4 Å². The molecular formula is C40H42N2O4S2. The second kappa shape index (κ2) is 14.5. The summed E-state index contributed by atoms with van der Waals surface area (Å²) in [5.74, 6) is 2.18. The first-order valence-corrected chi connectivity index (χ1v) is 18.9. The maximum atomic E-state index is 11.8. The van der Waals surface area contributed by atoms with Crippen LogP contribution >= 0.6 is 11.3 Å². The molecule has 4 aromatic carbocycles. The Morgan fingerprint density at radius 1 is 0.875 bits per heavy atom. The molecule has 0 fully saturated rings. The Labute approximate surface area is 288 Å². The van der Waals surface area contributed by atoms with Crippen LogP contribution in [0.1, 0.15) is 52.0 Å². The van der Waals surface area contributed by atoms with Gasteiger partial charge >= 0.3 is 0 Å². The third-order valence-electron chi connectivity index (χ3n) is 8.88. The Balaban J connectivity index is 1.40. The zero-order valence-corrected chi connectivity index (χ0v) is 29.6. The summed E-state index contributed by atoms with van der Waals surface area (Å²) < 4.78 is 45.2. The Hall–Kier alpha value is -4.24. The van der Waals surface area contributed by atoms with Gasteiger partial charge in [-0.25, -0.2) is 8.42 Å². The quantitative estimate of drug-likeness (QED) is 0.0971. The normalized spacial score (nSPS) is 14.9. The van der Waals surface area contributed by atoms with E-state index in [-0.39, 0.29) is 6.42 Å². The monoisotopic (exact) mass is 678 g/mol. The fourth-order valence-corrected chi connectivity index (χ4v) is 7.44. The number of anilines is 1. The van der Waals surface area contributed by atoms with Crippen molar-refractivity contribution in [1.82, 2.24) is 0 Å². The molecular weight excluding hydrogens is 637 g/mol. The van der Waals surface area contributed by atoms with Crippen LogP contribution in [-0.4, -0.2) is 24.8 Å². The Bertz CT molecular complexity index is 2070. The molecule has 1 aliphatic rings. The molecule has 248 valence electrons. The van der Waals surface area contributed by atoms with Gasteiger partial charge in [0.15, 0.2) is 12.3 Å². The van der Waals surface area contributed by atoms with Gasteiger partial charge in [-0.05, 0) is 71.7 Å². The lowest BCUT2D eigenvalue weighted by atomic mass is 10.0. The van der Waals surface area contributed by atoms with E-state index in [1.807, 2.05) is 24.3 Å². The van der Waals surface area contributed by atoms with Gasteiger partial charge in [0.05, 0.1) is 21.1 Å². The van der Waals surface area contributed by atoms with Crippen molar-refractivity contribution in [3.05, 3.63) is 120 Å². The van der Waals surface area contributed by atoms with Gasteiger partial charge in [0.25, 0.3) is 5.01 Å². The van der Waals surface area contributed by atoms with Gasteiger partial charge < -0.3 is 14.2 Å². The minimum absolute atomic E-state index is 0.229. The van der Waals surface area contributed by atoms with Gasteiger partial charge in [-0.15, -0.1) is 0 Å². The number of allylic oxidation sites excluding steroid dienone is 2. The SMILES string of the molecule is CCC(/C=C1\Oc2ccc(-c3ccccc3)cc2N1CCC(C)C)=C\c1sc2ccc(-c3ccccc3)cc2[n+]1CCC(C)S(=O)(=O)[O-]. The third kappa shape index (κ3) is 7.57. The van der Waals surface area contributed by atoms with Crippen molar-refractivity contribution in [3.8, 4) is 28.0 Å². The molecule has 0 N–H and O–H groups in total. The summed E-state index contributed by atoms with van der Waals surface area (Å²) in [7, 11) is -4.39. The van der Waals surface area contributed by atoms with Crippen molar-refractivity contribution in [3.63, 3.8) is 0 Å². The highest BCUT2D eigenvalue weighted by Crippen LogP contribution is 2.42. The van der Waals surface area contributed by atoms with Crippen LogP contribution in [-0.2, 0) is 16.7 Å². The maximum Gasteiger partial charge on any atom is 0.263 e. The van der Waals surface area contributed by atoms with Crippen LogP contribution < -0.4 is 14.2 Å². The van der Waals surface area contributed by atoms with E-state index in [0.29, 0.717) is 12.5 Å². The van der Waals surface area contributed by atoms with E-state index in [0.717, 1.165) is 74.2 Å². The molecule has 1 aliphatic heterocycles. The minimum atomic E-state index is -4.39. The van der Waals surface area contributed by atoms with E-state index in [9.17, 15) is 13.0 Å². The highest BCUT2D eigenvalue weighted by molar-refractivity contribution is 7.86. The number of benzene rings is 4. The lowest BCUT2D eigenvalue weighted by Crippen LogP contribution is -2.37. The van der Waals surface area contributed by atoms with Gasteiger partial charge in [-0.1, -0.05) is 105 Å². The molecule has 1 aromatic heterocycles. The highest BCUT2D eigenvalue weighted by atomic mass is 32.2. The number of rotatable bonds is 12.